The molecule has 2 aromatic rings. The van der Waals surface area contributed by atoms with Crippen LogP contribution in [-0.4, -0.2) is 57.8 Å². The van der Waals surface area contributed by atoms with Crippen LogP contribution in [-0.2, 0) is 16.1 Å². The molecule has 4 amide bonds. The molecule has 2 atom stereocenters. The van der Waals surface area contributed by atoms with E-state index in [-0.39, 0.29) is 30.9 Å². The molecule has 2 unspecified atom stereocenters. The molecule has 0 spiro atoms. The molecule has 0 aliphatic carbocycles. The van der Waals surface area contributed by atoms with Crippen molar-refractivity contribution in [3.8, 4) is 0 Å². The second kappa shape index (κ2) is 9.08. The van der Waals surface area contributed by atoms with E-state index >= 15 is 0 Å². The monoisotopic (exact) mass is 435 g/mol. The average molecular weight is 436 g/mol. The largest absolute Gasteiger partial charge is 0.327 e. The Morgan fingerprint density at radius 2 is 1.94 bits per heavy atom. The smallest absolute Gasteiger partial charge is 0.324 e. The summed E-state index contributed by atoms with van der Waals surface area (Å²) in [5, 5.41) is 6.22. The van der Waals surface area contributed by atoms with Gasteiger partial charge in [0, 0.05) is 11.9 Å². The minimum Gasteiger partial charge on any atom is -0.324 e. The number of urea groups is 1. The van der Waals surface area contributed by atoms with Gasteiger partial charge in [0.05, 0.1) is 18.3 Å². The zero-order valence-electron chi connectivity index (χ0n) is 18.7. The van der Waals surface area contributed by atoms with Crippen molar-refractivity contribution in [2.24, 2.45) is 0 Å². The van der Waals surface area contributed by atoms with Crippen molar-refractivity contribution in [2.45, 2.75) is 52.2 Å². The molecule has 2 aliphatic heterocycles. The number of hydrogen-bond acceptors (Lipinski definition) is 5. The summed E-state index contributed by atoms with van der Waals surface area (Å²) in [6, 6.07) is 8.12. The van der Waals surface area contributed by atoms with Gasteiger partial charge in [0.15, 0.2) is 0 Å². The van der Waals surface area contributed by atoms with Crippen LogP contribution in [0.15, 0.2) is 36.5 Å². The summed E-state index contributed by atoms with van der Waals surface area (Å²) in [6.07, 6.45) is 3.16. The highest BCUT2D eigenvalue weighted by Gasteiger charge is 2.47. The minimum atomic E-state index is -0.513. The van der Waals surface area contributed by atoms with E-state index in [9.17, 15) is 14.4 Å². The first-order valence-corrected chi connectivity index (χ1v) is 11.0. The van der Waals surface area contributed by atoms with Crippen molar-refractivity contribution in [2.75, 3.05) is 18.4 Å². The van der Waals surface area contributed by atoms with Crippen LogP contribution in [0.1, 0.15) is 35.2 Å². The van der Waals surface area contributed by atoms with Crippen LogP contribution in [0.5, 0.6) is 0 Å². The van der Waals surface area contributed by atoms with E-state index in [1.165, 1.54) is 9.80 Å². The van der Waals surface area contributed by atoms with Crippen LogP contribution >= 0.6 is 0 Å². The topological polar surface area (TPSA) is 94.6 Å². The first-order valence-electron chi connectivity index (χ1n) is 11.0. The molecule has 8 nitrogen and oxygen atoms in total. The van der Waals surface area contributed by atoms with Crippen LogP contribution in [0.4, 0.5) is 10.5 Å². The highest BCUT2D eigenvalue weighted by molar-refractivity contribution is 6.03. The number of aryl methyl sites for hydroxylation is 3. The minimum absolute atomic E-state index is 0.0811. The van der Waals surface area contributed by atoms with Crippen LogP contribution in [0.25, 0.3) is 0 Å². The fourth-order valence-electron chi connectivity index (χ4n) is 4.71. The lowest BCUT2D eigenvalue weighted by molar-refractivity contribution is -0.138. The van der Waals surface area contributed by atoms with Crippen molar-refractivity contribution in [3.63, 3.8) is 0 Å². The Hall–Kier alpha value is -3.26. The molecule has 2 N–H and O–H groups in total. The number of amides is 4. The number of rotatable bonds is 5. The van der Waals surface area contributed by atoms with Crippen LogP contribution in [0.3, 0.4) is 0 Å². The van der Waals surface area contributed by atoms with Gasteiger partial charge >= 0.3 is 6.03 Å². The Morgan fingerprint density at radius 3 is 2.62 bits per heavy atom. The lowest BCUT2D eigenvalue weighted by atomic mass is 9.93. The molecule has 0 bridgehead atoms. The SMILES string of the molecule is Cc1cc(C)c(NC(=O)CN2C(=O)N(Cc3ccccn3)C(=O)C3NCCCC32)c(C)c1. The number of piperidine rings is 1. The molecule has 0 saturated carbocycles. The number of nitrogens with one attached hydrogen (secondary N) is 2. The first kappa shape index (κ1) is 22.0. The summed E-state index contributed by atoms with van der Waals surface area (Å²) in [5.74, 6) is -0.530. The van der Waals surface area contributed by atoms with Crippen molar-refractivity contribution in [1.82, 2.24) is 20.1 Å². The van der Waals surface area contributed by atoms with Gasteiger partial charge in [-0.1, -0.05) is 23.8 Å². The maximum atomic E-state index is 13.4. The van der Waals surface area contributed by atoms with Crippen molar-refractivity contribution in [3.05, 3.63) is 58.9 Å². The first-order chi connectivity index (χ1) is 15.3. The molecule has 168 valence electrons. The van der Waals surface area contributed by atoms with Gasteiger partial charge in [0.2, 0.25) is 11.8 Å². The van der Waals surface area contributed by atoms with Gasteiger partial charge in [0.25, 0.3) is 0 Å². The zero-order chi connectivity index (χ0) is 22.8. The van der Waals surface area contributed by atoms with Gasteiger partial charge in [-0.05, 0) is 63.4 Å². The van der Waals surface area contributed by atoms with Crippen LogP contribution in [0.2, 0.25) is 0 Å². The van der Waals surface area contributed by atoms with Crippen molar-refractivity contribution in [1.29, 1.82) is 0 Å². The molecule has 4 rings (SSSR count). The fourth-order valence-corrected chi connectivity index (χ4v) is 4.71. The molecular formula is C24H29N5O3. The lowest BCUT2D eigenvalue weighted by Gasteiger charge is -2.46. The second-order valence-electron chi connectivity index (χ2n) is 8.62. The van der Waals surface area contributed by atoms with Crippen molar-refractivity contribution >= 4 is 23.5 Å². The highest BCUT2D eigenvalue weighted by atomic mass is 16.2. The number of anilines is 1. The third kappa shape index (κ3) is 4.36. The maximum Gasteiger partial charge on any atom is 0.327 e. The van der Waals surface area contributed by atoms with Gasteiger partial charge in [0.1, 0.15) is 12.6 Å². The molecule has 1 aromatic heterocycles. The highest BCUT2D eigenvalue weighted by Crippen LogP contribution is 2.26. The standard InChI is InChI=1S/C24H29N5O3/c1-15-11-16(2)21(17(3)12-15)27-20(30)14-28-19-8-6-10-26-22(19)23(31)29(24(28)32)13-18-7-4-5-9-25-18/h4-5,7,9,11-12,19,22,26H,6,8,10,13-14H2,1-3H3,(H,27,30). The number of aromatic nitrogens is 1. The number of hydrogen-bond donors (Lipinski definition) is 2. The Balaban J connectivity index is 1.56. The number of fused-ring (bicyclic) bond motifs is 1. The van der Waals surface area contributed by atoms with E-state index < -0.39 is 12.1 Å². The normalized spacial score (nSPS) is 20.8. The summed E-state index contributed by atoms with van der Waals surface area (Å²) < 4.78 is 0. The molecular weight excluding hydrogens is 406 g/mol. The lowest BCUT2D eigenvalue weighted by Crippen LogP contribution is -2.70. The summed E-state index contributed by atoms with van der Waals surface area (Å²) in [4.78, 5) is 46.5. The van der Waals surface area contributed by atoms with Gasteiger partial charge in [-0.15, -0.1) is 0 Å². The molecule has 32 heavy (non-hydrogen) atoms. The summed E-state index contributed by atoms with van der Waals surface area (Å²) in [5.41, 5.74) is 4.47. The number of pyridine rings is 1. The van der Waals surface area contributed by atoms with Crippen molar-refractivity contribution < 1.29 is 14.4 Å². The third-order valence-corrected chi connectivity index (χ3v) is 6.14. The predicted molar refractivity (Wildman–Crippen MR) is 121 cm³/mol. The fraction of sp³-hybridized carbons (Fsp3) is 0.417. The summed E-state index contributed by atoms with van der Waals surface area (Å²) in [6.45, 7) is 6.60. The van der Waals surface area contributed by atoms with Gasteiger partial charge in [-0.2, -0.15) is 0 Å². The molecule has 2 aliphatic rings. The molecule has 3 heterocycles. The number of imide groups is 1. The number of carbonyl (C=O) groups is 3. The maximum absolute atomic E-state index is 13.4. The second-order valence-corrected chi connectivity index (χ2v) is 8.62. The number of benzene rings is 1. The van der Waals surface area contributed by atoms with Gasteiger partial charge < -0.3 is 15.5 Å². The van der Waals surface area contributed by atoms with E-state index in [0.717, 1.165) is 28.8 Å². The zero-order valence-corrected chi connectivity index (χ0v) is 18.7. The Labute approximate surface area is 188 Å². The van der Waals surface area contributed by atoms with Gasteiger partial charge in [-0.3, -0.25) is 19.5 Å². The quantitative estimate of drug-likeness (QED) is 0.753. The summed E-state index contributed by atoms with van der Waals surface area (Å²) >= 11 is 0. The van der Waals surface area contributed by atoms with E-state index in [1.807, 2.05) is 39.0 Å². The van der Waals surface area contributed by atoms with Crippen LogP contribution in [0, 0.1) is 20.8 Å². The summed E-state index contributed by atoms with van der Waals surface area (Å²) in [7, 11) is 0. The van der Waals surface area contributed by atoms with E-state index in [4.69, 9.17) is 0 Å². The molecule has 1 aromatic carbocycles. The Morgan fingerprint density at radius 1 is 1.19 bits per heavy atom. The predicted octanol–water partition coefficient (Wildman–Crippen LogP) is 2.53. The van der Waals surface area contributed by atoms with E-state index in [0.29, 0.717) is 18.7 Å². The average Bonchev–Trinajstić information content (AvgIpc) is 2.77. The van der Waals surface area contributed by atoms with Gasteiger partial charge in [-0.25, -0.2) is 4.79 Å². The molecule has 2 saturated heterocycles. The number of carbonyl (C=O) groups excluding carboxylic acids is 3. The van der Waals surface area contributed by atoms with E-state index in [1.54, 1.807) is 18.3 Å². The Bertz CT molecular complexity index is 1020. The molecule has 2 fully saturated rings. The van der Waals surface area contributed by atoms with E-state index in [2.05, 4.69) is 15.6 Å². The molecule has 0 radical (unpaired) electrons. The van der Waals surface area contributed by atoms with Crippen LogP contribution < -0.4 is 10.6 Å². The third-order valence-electron chi connectivity index (χ3n) is 6.14. The molecule has 8 heteroatoms. The number of nitrogens with zero attached hydrogens (tertiary/aromatic N) is 3. The Kier molecular flexibility index (Phi) is 6.23.